The minimum atomic E-state index is -0.749. The predicted molar refractivity (Wildman–Crippen MR) is 105 cm³/mol. The molecule has 0 radical (unpaired) electrons. The Morgan fingerprint density at radius 2 is 1.77 bits per heavy atom. The maximum atomic E-state index is 12.2. The third-order valence-corrected chi connectivity index (χ3v) is 3.78. The van der Waals surface area contributed by atoms with E-state index in [1.165, 1.54) is 18.2 Å². The number of pyridine rings is 1. The van der Waals surface area contributed by atoms with Gasteiger partial charge in [0.1, 0.15) is 12.1 Å². The zero-order chi connectivity index (χ0) is 21.7. The molecule has 0 atom stereocenters. The lowest BCUT2D eigenvalue weighted by molar-refractivity contribution is -0.384. The quantitative estimate of drug-likeness (QED) is 0.387. The number of nitrogens with zero attached hydrogens (tertiary/aromatic N) is 5. The molecule has 152 valence electrons. The van der Waals surface area contributed by atoms with Gasteiger partial charge in [0.25, 0.3) is 11.6 Å². The number of benzene rings is 1. The molecule has 0 spiro atoms. The second-order valence-corrected chi connectivity index (χ2v) is 5.91. The number of carbonyl (C=O) groups is 1. The van der Waals surface area contributed by atoms with Gasteiger partial charge < -0.3 is 5.32 Å². The van der Waals surface area contributed by atoms with Crippen molar-refractivity contribution in [2.24, 2.45) is 0 Å². The molecule has 0 bridgehead atoms. The van der Waals surface area contributed by atoms with Gasteiger partial charge in [0.05, 0.1) is 9.85 Å². The van der Waals surface area contributed by atoms with Crippen molar-refractivity contribution in [3.63, 3.8) is 0 Å². The van der Waals surface area contributed by atoms with Crippen LogP contribution in [-0.2, 0) is 0 Å². The van der Waals surface area contributed by atoms with Crippen molar-refractivity contribution in [3.8, 4) is 0 Å². The van der Waals surface area contributed by atoms with Gasteiger partial charge in [-0.25, -0.2) is 15.0 Å². The van der Waals surface area contributed by atoms with Crippen LogP contribution in [-0.4, -0.2) is 30.7 Å². The molecule has 3 aromatic rings. The molecule has 1 amide bonds. The molecule has 13 heteroatoms. The SMILES string of the molecule is Cc1ccc(Nc2ncnc(NNC(=O)c3cccc([N+](=O)[O-])c3)c2[N+](=O)[O-])nc1. The second-order valence-electron chi connectivity index (χ2n) is 5.91. The van der Waals surface area contributed by atoms with Gasteiger partial charge in [0.2, 0.25) is 11.6 Å². The zero-order valence-electron chi connectivity index (χ0n) is 15.4. The van der Waals surface area contributed by atoms with Gasteiger partial charge in [0.15, 0.2) is 0 Å². The number of anilines is 3. The Morgan fingerprint density at radius 3 is 2.43 bits per heavy atom. The van der Waals surface area contributed by atoms with E-state index in [1.54, 1.807) is 18.3 Å². The second kappa shape index (κ2) is 8.55. The number of nitro groups is 2. The molecule has 13 nitrogen and oxygen atoms in total. The minimum Gasteiger partial charge on any atom is -0.319 e. The van der Waals surface area contributed by atoms with Crippen molar-refractivity contribution in [2.75, 3.05) is 10.7 Å². The summed E-state index contributed by atoms with van der Waals surface area (Å²) in [5, 5.41) is 25.1. The Hall–Kier alpha value is -4.68. The average molecular weight is 410 g/mol. The van der Waals surface area contributed by atoms with Crippen LogP contribution in [0.5, 0.6) is 0 Å². The van der Waals surface area contributed by atoms with Crippen LogP contribution < -0.4 is 16.2 Å². The molecule has 0 aliphatic rings. The summed E-state index contributed by atoms with van der Waals surface area (Å²) < 4.78 is 0. The molecule has 30 heavy (non-hydrogen) atoms. The van der Waals surface area contributed by atoms with Crippen LogP contribution in [0.1, 0.15) is 15.9 Å². The van der Waals surface area contributed by atoms with Crippen molar-refractivity contribution in [1.29, 1.82) is 0 Å². The molecule has 0 aliphatic carbocycles. The summed E-state index contributed by atoms with van der Waals surface area (Å²) >= 11 is 0. The van der Waals surface area contributed by atoms with Crippen LogP contribution in [0.2, 0.25) is 0 Å². The molecular formula is C17H14N8O5. The van der Waals surface area contributed by atoms with E-state index < -0.39 is 21.4 Å². The number of rotatable bonds is 7. The van der Waals surface area contributed by atoms with Gasteiger partial charge in [0, 0.05) is 23.9 Å². The molecule has 3 rings (SSSR count). The van der Waals surface area contributed by atoms with E-state index in [9.17, 15) is 25.0 Å². The Kier molecular flexibility index (Phi) is 5.72. The maximum absolute atomic E-state index is 12.2. The molecular weight excluding hydrogens is 396 g/mol. The fourth-order valence-electron chi connectivity index (χ4n) is 2.35. The van der Waals surface area contributed by atoms with Gasteiger partial charge in [-0.05, 0) is 24.6 Å². The van der Waals surface area contributed by atoms with Crippen LogP contribution in [0, 0.1) is 27.2 Å². The van der Waals surface area contributed by atoms with E-state index in [4.69, 9.17) is 0 Å². The Balaban J connectivity index is 1.81. The number of non-ortho nitro benzene ring substituents is 1. The third-order valence-electron chi connectivity index (χ3n) is 3.78. The van der Waals surface area contributed by atoms with Gasteiger partial charge in [-0.1, -0.05) is 12.1 Å². The molecule has 0 saturated carbocycles. The summed E-state index contributed by atoms with van der Waals surface area (Å²) in [5.74, 6) is -0.850. The molecule has 1 aromatic carbocycles. The lowest BCUT2D eigenvalue weighted by Crippen LogP contribution is -2.30. The van der Waals surface area contributed by atoms with E-state index in [0.717, 1.165) is 18.0 Å². The first-order chi connectivity index (χ1) is 14.3. The summed E-state index contributed by atoms with van der Waals surface area (Å²) in [6.07, 6.45) is 2.64. The summed E-state index contributed by atoms with van der Waals surface area (Å²) in [6, 6.07) is 8.39. The molecule has 0 aliphatic heterocycles. The van der Waals surface area contributed by atoms with Crippen molar-refractivity contribution in [3.05, 3.63) is 80.3 Å². The third kappa shape index (κ3) is 4.59. The number of hydrazine groups is 1. The Bertz CT molecular complexity index is 1120. The van der Waals surface area contributed by atoms with Crippen LogP contribution in [0.3, 0.4) is 0 Å². The zero-order valence-corrected chi connectivity index (χ0v) is 15.4. The first-order valence-corrected chi connectivity index (χ1v) is 8.35. The van der Waals surface area contributed by atoms with E-state index in [1.807, 2.05) is 6.92 Å². The highest BCUT2D eigenvalue weighted by Crippen LogP contribution is 2.30. The van der Waals surface area contributed by atoms with Crippen LogP contribution in [0.15, 0.2) is 48.9 Å². The smallest absolute Gasteiger partial charge is 0.319 e. The number of nitro benzene ring substituents is 1. The molecule has 2 aromatic heterocycles. The number of hydrogen-bond donors (Lipinski definition) is 3. The lowest BCUT2D eigenvalue weighted by atomic mass is 10.2. The number of nitrogens with one attached hydrogen (secondary N) is 3. The van der Waals surface area contributed by atoms with Crippen LogP contribution in [0.4, 0.5) is 28.8 Å². The highest BCUT2D eigenvalue weighted by molar-refractivity contribution is 5.95. The van der Waals surface area contributed by atoms with Crippen LogP contribution >= 0.6 is 0 Å². The lowest BCUT2D eigenvalue weighted by Gasteiger charge is -2.10. The largest absolute Gasteiger partial charge is 0.355 e. The van der Waals surface area contributed by atoms with E-state index in [2.05, 4.69) is 31.1 Å². The summed E-state index contributed by atoms with van der Waals surface area (Å²) in [4.78, 5) is 45.0. The number of amides is 1. The van der Waals surface area contributed by atoms with Crippen molar-refractivity contribution in [1.82, 2.24) is 20.4 Å². The topological polar surface area (TPSA) is 178 Å². The monoisotopic (exact) mass is 410 g/mol. The Labute approximate surface area is 168 Å². The van der Waals surface area contributed by atoms with Gasteiger partial charge in [-0.2, -0.15) is 0 Å². The highest BCUT2D eigenvalue weighted by atomic mass is 16.6. The molecule has 0 fully saturated rings. The maximum Gasteiger partial charge on any atom is 0.355 e. The van der Waals surface area contributed by atoms with Crippen molar-refractivity contribution in [2.45, 2.75) is 6.92 Å². The number of aromatic nitrogens is 3. The fourth-order valence-corrected chi connectivity index (χ4v) is 2.35. The number of hydrogen-bond acceptors (Lipinski definition) is 10. The Morgan fingerprint density at radius 1 is 1.00 bits per heavy atom. The summed E-state index contributed by atoms with van der Waals surface area (Å²) in [6.45, 7) is 1.84. The summed E-state index contributed by atoms with van der Waals surface area (Å²) in [7, 11) is 0. The summed E-state index contributed by atoms with van der Waals surface area (Å²) in [5.41, 5.74) is 4.67. The standard InChI is InChI=1S/C17H14N8O5/c1-10-5-6-13(18-8-10)21-15-14(25(29)30)16(20-9-19-15)22-23-17(26)11-3-2-4-12(7-11)24(27)28/h2-9H,1H3,(H,23,26)(H2,18,19,20,21,22). The highest BCUT2D eigenvalue weighted by Gasteiger charge is 2.24. The van der Waals surface area contributed by atoms with Crippen LogP contribution in [0.25, 0.3) is 0 Å². The van der Waals surface area contributed by atoms with Gasteiger partial charge in [-0.15, -0.1) is 0 Å². The first kappa shape index (κ1) is 20.1. The normalized spacial score (nSPS) is 10.2. The number of carbonyl (C=O) groups excluding carboxylic acids is 1. The van der Waals surface area contributed by atoms with E-state index in [-0.39, 0.29) is 22.9 Å². The van der Waals surface area contributed by atoms with Gasteiger partial charge in [-0.3, -0.25) is 35.9 Å². The van der Waals surface area contributed by atoms with Crippen molar-refractivity contribution >= 4 is 34.7 Å². The minimum absolute atomic E-state index is 0.0180. The molecule has 3 N–H and O–H groups in total. The molecule has 0 unspecified atom stereocenters. The van der Waals surface area contributed by atoms with E-state index >= 15 is 0 Å². The van der Waals surface area contributed by atoms with Gasteiger partial charge >= 0.3 is 5.69 Å². The van der Waals surface area contributed by atoms with E-state index in [0.29, 0.717) is 5.82 Å². The molecule has 0 saturated heterocycles. The van der Waals surface area contributed by atoms with Crippen molar-refractivity contribution < 1.29 is 14.6 Å². The first-order valence-electron chi connectivity index (χ1n) is 8.35. The fraction of sp³-hybridized carbons (Fsp3) is 0.0588. The predicted octanol–water partition coefficient (Wildman–Crippen LogP) is 2.50. The number of aryl methyl sites for hydroxylation is 1. The molecule has 2 heterocycles. The average Bonchev–Trinajstić information content (AvgIpc) is 2.73.